The van der Waals surface area contributed by atoms with Crippen LogP contribution in [0.3, 0.4) is 0 Å². The lowest BCUT2D eigenvalue weighted by atomic mass is 10.1. The van der Waals surface area contributed by atoms with Crippen LogP contribution in [0.5, 0.6) is 11.5 Å². The van der Waals surface area contributed by atoms with Crippen LogP contribution in [0.1, 0.15) is 11.7 Å². The molecule has 4 nitrogen and oxygen atoms in total. The highest BCUT2D eigenvalue weighted by Gasteiger charge is 2.22. The summed E-state index contributed by atoms with van der Waals surface area (Å²) in [6.45, 7) is 1.90. The summed E-state index contributed by atoms with van der Waals surface area (Å²) < 4.78 is 23.8. The van der Waals surface area contributed by atoms with Gasteiger partial charge in [-0.1, -0.05) is 0 Å². The Balaban J connectivity index is 2.30. The molecule has 1 aromatic rings. The fourth-order valence-corrected chi connectivity index (χ4v) is 1.74. The average Bonchev–Trinajstić information content (AvgIpc) is 2.34. The number of ether oxygens (including phenoxy) is 2. The van der Waals surface area contributed by atoms with Crippen molar-refractivity contribution in [2.45, 2.75) is 6.10 Å². The molecule has 0 radical (unpaired) electrons. The number of halogens is 1. The molecule has 1 aliphatic rings. The Morgan fingerprint density at radius 2 is 2.38 bits per heavy atom. The number of phenolic OH excluding ortho intramolecular Hbond substituents is 1. The number of morpholine rings is 1. The van der Waals surface area contributed by atoms with Gasteiger partial charge >= 0.3 is 0 Å². The molecule has 1 unspecified atom stereocenters. The highest BCUT2D eigenvalue weighted by Crippen LogP contribution is 2.34. The first kappa shape index (κ1) is 11.2. The molecule has 2 rings (SSSR count). The van der Waals surface area contributed by atoms with Crippen molar-refractivity contribution in [2.24, 2.45) is 0 Å². The second kappa shape index (κ2) is 4.67. The van der Waals surface area contributed by atoms with E-state index in [0.29, 0.717) is 18.7 Å². The maximum absolute atomic E-state index is 13.6. The van der Waals surface area contributed by atoms with Crippen molar-refractivity contribution in [1.29, 1.82) is 0 Å². The predicted molar refractivity (Wildman–Crippen MR) is 56.2 cm³/mol. The van der Waals surface area contributed by atoms with Crippen LogP contribution in [0, 0.1) is 5.82 Å². The van der Waals surface area contributed by atoms with E-state index in [4.69, 9.17) is 9.47 Å². The summed E-state index contributed by atoms with van der Waals surface area (Å²) in [5.74, 6) is -1.10. The number of benzene rings is 1. The van der Waals surface area contributed by atoms with Crippen molar-refractivity contribution < 1.29 is 19.0 Å². The van der Waals surface area contributed by atoms with Crippen LogP contribution in [0.4, 0.5) is 4.39 Å². The van der Waals surface area contributed by atoms with E-state index in [-0.39, 0.29) is 11.9 Å². The monoisotopic (exact) mass is 227 g/mol. The lowest BCUT2D eigenvalue weighted by Crippen LogP contribution is -2.33. The third-order valence-electron chi connectivity index (χ3n) is 2.61. The van der Waals surface area contributed by atoms with Crippen molar-refractivity contribution in [1.82, 2.24) is 5.32 Å². The van der Waals surface area contributed by atoms with E-state index in [1.165, 1.54) is 13.2 Å². The Hall–Kier alpha value is -1.33. The van der Waals surface area contributed by atoms with Crippen LogP contribution in [-0.2, 0) is 4.74 Å². The van der Waals surface area contributed by atoms with Crippen molar-refractivity contribution in [3.8, 4) is 11.5 Å². The molecule has 5 heteroatoms. The van der Waals surface area contributed by atoms with Gasteiger partial charge in [0.2, 0.25) is 5.82 Å². The van der Waals surface area contributed by atoms with Gasteiger partial charge in [-0.3, -0.25) is 0 Å². The largest absolute Gasteiger partial charge is 0.504 e. The Kier molecular flexibility index (Phi) is 3.26. The van der Waals surface area contributed by atoms with E-state index in [1.54, 1.807) is 6.07 Å². The Morgan fingerprint density at radius 3 is 3.00 bits per heavy atom. The van der Waals surface area contributed by atoms with E-state index in [9.17, 15) is 9.50 Å². The molecule has 1 aromatic carbocycles. The molecule has 88 valence electrons. The zero-order valence-electron chi connectivity index (χ0n) is 9.00. The molecule has 0 aliphatic carbocycles. The van der Waals surface area contributed by atoms with E-state index in [1.807, 2.05) is 0 Å². The predicted octanol–water partition coefficient (Wildman–Crippen LogP) is 1.20. The SMILES string of the molecule is COc1ccc(C2CNCCO2)c(O)c1F. The van der Waals surface area contributed by atoms with E-state index in [2.05, 4.69) is 5.32 Å². The highest BCUT2D eigenvalue weighted by molar-refractivity contribution is 5.43. The summed E-state index contributed by atoms with van der Waals surface area (Å²) in [6.07, 6.45) is -0.311. The minimum atomic E-state index is -0.742. The lowest BCUT2D eigenvalue weighted by molar-refractivity contribution is 0.0259. The molecule has 16 heavy (non-hydrogen) atoms. The Morgan fingerprint density at radius 1 is 1.56 bits per heavy atom. The fourth-order valence-electron chi connectivity index (χ4n) is 1.74. The molecule has 1 aliphatic heterocycles. The summed E-state index contributed by atoms with van der Waals surface area (Å²) in [5.41, 5.74) is 0.450. The molecular weight excluding hydrogens is 213 g/mol. The fraction of sp³-hybridized carbons (Fsp3) is 0.455. The van der Waals surface area contributed by atoms with Crippen molar-refractivity contribution >= 4 is 0 Å². The van der Waals surface area contributed by atoms with E-state index < -0.39 is 11.6 Å². The van der Waals surface area contributed by atoms with Gasteiger partial charge in [-0.15, -0.1) is 0 Å². The number of aromatic hydroxyl groups is 1. The van der Waals surface area contributed by atoms with Gasteiger partial charge in [0.1, 0.15) is 0 Å². The molecule has 1 fully saturated rings. The summed E-state index contributed by atoms with van der Waals surface area (Å²) in [7, 11) is 1.36. The Bertz CT molecular complexity index is 378. The lowest BCUT2D eigenvalue weighted by Gasteiger charge is -2.24. The number of methoxy groups -OCH3 is 1. The molecule has 1 atom stereocenters. The quantitative estimate of drug-likeness (QED) is 0.797. The maximum atomic E-state index is 13.6. The van der Waals surface area contributed by atoms with Crippen LogP contribution < -0.4 is 10.1 Å². The van der Waals surface area contributed by atoms with Gasteiger partial charge in [0, 0.05) is 18.7 Å². The summed E-state index contributed by atoms with van der Waals surface area (Å²) in [6, 6.07) is 3.11. The number of rotatable bonds is 2. The number of hydrogen-bond acceptors (Lipinski definition) is 4. The highest BCUT2D eigenvalue weighted by atomic mass is 19.1. The topological polar surface area (TPSA) is 50.7 Å². The smallest absolute Gasteiger partial charge is 0.206 e. The normalized spacial score (nSPS) is 20.8. The van der Waals surface area contributed by atoms with Crippen LogP contribution in [-0.4, -0.2) is 31.9 Å². The summed E-state index contributed by atoms with van der Waals surface area (Å²) in [5, 5.41) is 12.8. The zero-order valence-corrected chi connectivity index (χ0v) is 9.00. The second-order valence-corrected chi connectivity index (χ2v) is 3.58. The van der Waals surface area contributed by atoms with Gasteiger partial charge in [-0.2, -0.15) is 4.39 Å². The molecule has 2 N–H and O–H groups in total. The van der Waals surface area contributed by atoms with Gasteiger partial charge in [0.15, 0.2) is 11.5 Å². The molecular formula is C11H14FNO3. The van der Waals surface area contributed by atoms with E-state index >= 15 is 0 Å². The van der Waals surface area contributed by atoms with Gasteiger partial charge in [-0.05, 0) is 12.1 Å². The minimum Gasteiger partial charge on any atom is -0.504 e. The third-order valence-corrected chi connectivity index (χ3v) is 2.61. The molecule has 0 aromatic heterocycles. The van der Waals surface area contributed by atoms with Gasteiger partial charge in [0.05, 0.1) is 19.8 Å². The molecule has 1 saturated heterocycles. The van der Waals surface area contributed by atoms with Crippen molar-refractivity contribution in [2.75, 3.05) is 26.8 Å². The molecule has 0 saturated carbocycles. The second-order valence-electron chi connectivity index (χ2n) is 3.58. The van der Waals surface area contributed by atoms with Crippen LogP contribution in [0.15, 0.2) is 12.1 Å². The summed E-state index contributed by atoms with van der Waals surface area (Å²) >= 11 is 0. The standard InChI is InChI=1S/C11H14FNO3/c1-15-8-3-2-7(11(14)10(8)12)9-6-13-4-5-16-9/h2-3,9,13-14H,4-6H2,1H3. The van der Waals surface area contributed by atoms with Crippen molar-refractivity contribution in [3.05, 3.63) is 23.5 Å². The molecule has 0 spiro atoms. The van der Waals surface area contributed by atoms with Crippen LogP contribution >= 0.6 is 0 Å². The third kappa shape index (κ3) is 1.96. The minimum absolute atomic E-state index is 0.0324. The van der Waals surface area contributed by atoms with Crippen molar-refractivity contribution in [3.63, 3.8) is 0 Å². The average molecular weight is 227 g/mol. The summed E-state index contributed by atoms with van der Waals surface area (Å²) in [4.78, 5) is 0. The van der Waals surface area contributed by atoms with Gasteiger partial charge < -0.3 is 19.9 Å². The Labute approximate surface area is 93.0 Å². The maximum Gasteiger partial charge on any atom is 0.206 e. The molecule has 0 amide bonds. The van der Waals surface area contributed by atoms with E-state index in [0.717, 1.165) is 6.54 Å². The van der Waals surface area contributed by atoms with Crippen LogP contribution in [0.25, 0.3) is 0 Å². The zero-order chi connectivity index (χ0) is 11.5. The molecule has 0 bridgehead atoms. The first-order valence-corrected chi connectivity index (χ1v) is 5.11. The first-order chi connectivity index (χ1) is 7.74. The van der Waals surface area contributed by atoms with Crippen LogP contribution in [0.2, 0.25) is 0 Å². The number of nitrogens with one attached hydrogen (secondary N) is 1. The number of phenols is 1. The number of hydrogen-bond donors (Lipinski definition) is 2. The van der Waals surface area contributed by atoms with Gasteiger partial charge in [0.25, 0.3) is 0 Å². The first-order valence-electron chi connectivity index (χ1n) is 5.11. The molecule has 1 heterocycles. The van der Waals surface area contributed by atoms with Gasteiger partial charge in [-0.25, -0.2) is 0 Å².